The average Bonchev–Trinajstić information content (AvgIpc) is 2.49. The number of alkyl carbamates (subject to hydrolysis) is 1. The molecule has 8 heteroatoms. The molecule has 1 aromatic rings. The number of hydroxylamine groups is 2. The topological polar surface area (TPSA) is 100.0 Å². The van der Waals surface area contributed by atoms with E-state index >= 15 is 0 Å². The van der Waals surface area contributed by atoms with E-state index in [-0.39, 0.29) is 11.3 Å². The fourth-order valence-corrected chi connectivity index (χ4v) is 2.43. The van der Waals surface area contributed by atoms with E-state index in [0.717, 1.165) is 0 Å². The summed E-state index contributed by atoms with van der Waals surface area (Å²) in [7, 11) is -3.72. The van der Waals surface area contributed by atoms with Gasteiger partial charge in [-0.05, 0) is 39.8 Å². The molecule has 24 heavy (non-hydrogen) atoms. The van der Waals surface area contributed by atoms with Crippen LogP contribution in [0.1, 0.15) is 34.1 Å². The molecule has 0 saturated heterocycles. The third-order valence-electron chi connectivity index (χ3n) is 2.78. The van der Waals surface area contributed by atoms with Crippen LogP contribution in [0.4, 0.5) is 4.79 Å². The van der Waals surface area contributed by atoms with E-state index in [1.165, 1.54) is 19.1 Å². The summed E-state index contributed by atoms with van der Waals surface area (Å²) in [6, 6.07) is 9.41. The number of carbonyl (C=O) groups excluding carboxylic acids is 1. The van der Waals surface area contributed by atoms with Crippen molar-refractivity contribution in [2.24, 2.45) is 0 Å². The molecule has 0 aliphatic rings. The molecule has 0 heterocycles. The van der Waals surface area contributed by atoms with Gasteiger partial charge in [0.2, 0.25) is 0 Å². The van der Waals surface area contributed by atoms with Gasteiger partial charge in [-0.15, -0.1) is 0 Å². The second-order valence-electron chi connectivity index (χ2n) is 6.19. The Morgan fingerprint density at radius 3 is 2.46 bits per heavy atom. The van der Waals surface area contributed by atoms with Gasteiger partial charge < -0.3 is 9.94 Å². The lowest BCUT2D eigenvalue weighted by Crippen LogP contribution is -3.13. The first kappa shape index (κ1) is 20.0. The number of hydrogen-bond donors (Lipinski definition) is 2. The van der Waals surface area contributed by atoms with Crippen molar-refractivity contribution in [3.05, 3.63) is 35.5 Å². The van der Waals surface area contributed by atoms with Gasteiger partial charge in [0, 0.05) is 6.04 Å². The molecule has 0 aliphatic heterocycles. The van der Waals surface area contributed by atoms with E-state index < -0.39 is 32.8 Å². The van der Waals surface area contributed by atoms with Crippen molar-refractivity contribution < 1.29 is 23.0 Å². The fourth-order valence-electron chi connectivity index (χ4n) is 1.59. The minimum absolute atomic E-state index is 0.0371. The van der Waals surface area contributed by atoms with Crippen LogP contribution in [0.2, 0.25) is 0 Å². The number of hydrogen-bond acceptors (Lipinski definition) is 5. The third kappa shape index (κ3) is 6.58. The molecule has 2 unspecified atom stereocenters. The van der Waals surface area contributed by atoms with Gasteiger partial charge in [0.1, 0.15) is 11.6 Å². The molecule has 1 rings (SSSR count). The molecule has 0 aliphatic carbocycles. The summed E-state index contributed by atoms with van der Waals surface area (Å²) in [5.41, 5.74) is -0.747. The molecular formula is C16H22N2O5S. The minimum Gasteiger partial charge on any atom is -0.624 e. The Labute approximate surface area is 142 Å². The molecular weight excluding hydrogens is 332 g/mol. The largest absolute Gasteiger partial charge is 0.624 e. The number of nitrogens with one attached hydrogen (secondary N) is 2. The molecule has 0 saturated carbocycles. The zero-order valence-electron chi connectivity index (χ0n) is 14.1. The minimum atomic E-state index is -3.72. The van der Waals surface area contributed by atoms with E-state index in [4.69, 9.17) is 4.74 Å². The summed E-state index contributed by atoms with van der Waals surface area (Å²) in [5, 5.41) is 11.2. The maximum absolute atomic E-state index is 11.9. The number of ether oxygens (including phenoxy) is 1. The van der Waals surface area contributed by atoms with Crippen LogP contribution in [0, 0.1) is 17.2 Å². The standard InChI is InChI=1S/C16H22N2O5S/c1-13(18(20)15(19)23-16(2,3)4)9-8-12-17-24(21,22)14-10-6-5-7-11-14/h5-7,10-11,13,17-18H,9H2,1-4H3. The van der Waals surface area contributed by atoms with Gasteiger partial charge in [-0.2, -0.15) is 4.79 Å². The Kier molecular flexibility index (Phi) is 6.78. The highest BCUT2D eigenvalue weighted by atomic mass is 32.2. The van der Waals surface area contributed by atoms with E-state index in [2.05, 4.69) is 16.7 Å². The smallest absolute Gasteiger partial charge is 0.515 e. The molecule has 2 N–H and O–H groups in total. The lowest BCUT2D eigenvalue weighted by molar-refractivity contribution is -0.796. The lowest BCUT2D eigenvalue weighted by Gasteiger charge is -2.27. The molecule has 0 bridgehead atoms. The predicted octanol–water partition coefficient (Wildman–Crippen LogP) is 1.02. The van der Waals surface area contributed by atoms with Crippen molar-refractivity contribution in [3.8, 4) is 12.0 Å². The van der Waals surface area contributed by atoms with Gasteiger partial charge in [-0.3, -0.25) is 5.06 Å². The fraction of sp³-hybridized carbons (Fsp3) is 0.438. The molecule has 132 valence electrons. The quantitative estimate of drug-likeness (QED) is 0.478. The Morgan fingerprint density at radius 2 is 1.92 bits per heavy atom. The monoisotopic (exact) mass is 354 g/mol. The molecule has 1 amide bonds. The number of sulfonamides is 1. The average molecular weight is 354 g/mol. The number of rotatable bonds is 4. The van der Waals surface area contributed by atoms with E-state index in [0.29, 0.717) is 0 Å². The van der Waals surface area contributed by atoms with Crippen LogP contribution in [0.25, 0.3) is 0 Å². The van der Waals surface area contributed by atoms with Crippen molar-refractivity contribution in [2.45, 2.75) is 50.7 Å². The number of amides is 1. The van der Waals surface area contributed by atoms with Crippen molar-refractivity contribution in [3.63, 3.8) is 0 Å². The maximum atomic E-state index is 11.9. The summed E-state index contributed by atoms with van der Waals surface area (Å²) in [6.45, 7) is 6.54. The van der Waals surface area contributed by atoms with Gasteiger partial charge in [-0.25, -0.2) is 13.1 Å². The number of quaternary nitrogens is 1. The first-order valence-corrected chi connectivity index (χ1v) is 8.83. The molecule has 2 atom stereocenters. The summed E-state index contributed by atoms with van der Waals surface area (Å²) >= 11 is 0. The Morgan fingerprint density at radius 1 is 1.33 bits per heavy atom. The SMILES string of the molecule is CC(CC#CNS(=O)(=O)c1ccccc1)[NH+]([O-])C(=O)OC(C)(C)C. The second-order valence-corrected chi connectivity index (χ2v) is 7.87. The highest BCUT2D eigenvalue weighted by Crippen LogP contribution is 2.06. The number of carbonyl (C=O) groups is 1. The van der Waals surface area contributed by atoms with Crippen molar-refractivity contribution in [1.29, 1.82) is 0 Å². The number of benzene rings is 1. The Hall–Kier alpha value is -2.08. The zero-order valence-corrected chi connectivity index (χ0v) is 14.9. The van der Waals surface area contributed by atoms with Crippen LogP contribution in [0.3, 0.4) is 0 Å². The van der Waals surface area contributed by atoms with E-state index in [1.54, 1.807) is 39.0 Å². The van der Waals surface area contributed by atoms with E-state index in [1.807, 2.05) is 0 Å². The highest BCUT2D eigenvalue weighted by molar-refractivity contribution is 7.89. The van der Waals surface area contributed by atoms with Crippen LogP contribution < -0.4 is 9.79 Å². The predicted molar refractivity (Wildman–Crippen MR) is 89.2 cm³/mol. The molecule has 0 aromatic heterocycles. The van der Waals surface area contributed by atoms with Crippen LogP contribution in [0.15, 0.2) is 35.2 Å². The van der Waals surface area contributed by atoms with Gasteiger partial charge in [0.25, 0.3) is 10.0 Å². The van der Waals surface area contributed by atoms with Crippen LogP contribution >= 0.6 is 0 Å². The van der Waals surface area contributed by atoms with Gasteiger partial charge >= 0.3 is 6.09 Å². The third-order valence-corrected chi connectivity index (χ3v) is 4.05. The van der Waals surface area contributed by atoms with Gasteiger partial charge in [0.05, 0.1) is 11.3 Å². The Balaban J connectivity index is 2.58. The van der Waals surface area contributed by atoms with E-state index in [9.17, 15) is 18.4 Å². The molecule has 7 nitrogen and oxygen atoms in total. The highest BCUT2D eigenvalue weighted by Gasteiger charge is 2.25. The summed E-state index contributed by atoms with van der Waals surface area (Å²) in [5.74, 6) is 2.54. The molecule has 0 fully saturated rings. The molecule has 0 radical (unpaired) electrons. The molecule has 0 spiro atoms. The Bertz CT molecular complexity index is 714. The first-order valence-electron chi connectivity index (χ1n) is 7.35. The van der Waals surface area contributed by atoms with Crippen molar-refractivity contribution in [1.82, 2.24) is 4.72 Å². The van der Waals surface area contributed by atoms with Crippen molar-refractivity contribution in [2.75, 3.05) is 0 Å². The summed E-state index contributed by atoms with van der Waals surface area (Å²) in [6.07, 6.45) is -0.878. The van der Waals surface area contributed by atoms with Crippen LogP contribution in [-0.2, 0) is 14.8 Å². The first-order chi connectivity index (χ1) is 11.0. The van der Waals surface area contributed by atoms with Gasteiger partial charge in [-0.1, -0.05) is 24.1 Å². The zero-order chi connectivity index (χ0) is 18.4. The summed E-state index contributed by atoms with van der Waals surface area (Å²) in [4.78, 5) is 11.7. The van der Waals surface area contributed by atoms with Gasteiger partial charge in [0.15, 0.2) is 0 Å². The van der Waals surface area contributed by atoms with Crippen molar-refractivity contribution >= 4 is 16.1 Å². The van der Waals surface area contributed by atoms with Crippen LogP contribution in [0.5, 0.6) is 0 Å². The summed E-state index contributed by atoms with van der Waals surface area (Å²) < 4.78 is 31.0. The normalized spacial score (nSPS) is 14.0. The second kappa shape index (κ2) is 8.15. The molecule has 1 aromatic carbocycles. The van der Waals surface area contributed by atoms with Crippen LogP contribution in [-0.4, -0.2) is 26.2 Å². The lowest BCUT2D eigenvalue weighted by atomic mass is 10.2. The maximum Gasteiger partial charge on any atom is 0.515 e.